The van der Waals surface area contributed by atoms with Gasteiger partial charge in [0.15, 0.2) is 5.78 Å². The third-order valence-electron chi connectivity index (χ3n) is 4.19. The van der Waals surface area contributed by atoms with Crippen LogP contribution in [0.5, 0.6) is 0 Å². The van der Waals surface area contributed by atoms with Crippen LogP contribution in [0.25, 0.3) is 0 Å². The summed E-state index contributed by atoms with van der Waals surface area (Å²) in [5, 5.41) is 6.51. The summed E-state index contributed by atoms with van der Waals surface area (Å²) in [6.07, 6.45) is 0. The summed E-state index contributed by atoms with van der Waals surface area (Å²) in [5.74, 6) is -0.165. The van der Waals surface area contributed by atoms with Gasteiger partial charge in [-0.15, -0.1) is 0 Å². The summed E-state index contributed by atoms with van der Waals surface area (Å²) >= 11 is 11.8. The molecule has 2 aromatic carbocycles. The zero-order valence-electron chi connectivity index (χ0n) is 13.4. The van der Waals surface area contributed by atoms with Crippen LogP contribution in [0.2, 0.25) is 10.0 Å². The lowest BCUT2D eigenvalue weighted by Crippen LogP contribution is -2.41. The highest BCUT2D eigenvalue weighted by atomic mass is 35.5. The summed E-state index contributed by atoms with van der Waals surface area (Å²) in [6, 6.07) is 12.8. The standard InChI is InChI=1S/C18H15Cl2N3O2/c1-18(16(24)12-4-8-14(20)9-5-12)10-23(17(21)25)22-15(18)11-2-6-13(19)7-3-11/h2-9H,10H2,1H3,(H2,21,25). The number of rotatable bonds is 3. The Kier molecular flexibility index (Phi) is 4.54. The second kappa shape index (κ2) is 6.50. The number of urea groups is 1. The summed E-state index contributed by atoms with van der Waals surface area (Å²) in [7, 11) is 0. The molecule has 5 nitrogen and oxygen atoms in total. The fourth-order valence-corrected chi connectivity index (χ4v) is 3.10. The third-order valence-corrected chi connectivity index (χ3v) is 4.69. The van der Waals surface area contributed by atoms with Gasteiger partial charge in [-0.05, 0) is 48.9 Å². The molecular weight excluding hydrogens is 361 g/mol. The highest BCUT2D eigenvalue weighted by molar-refractivity contribution is 6.31. The molecule has 1 aliphatic heterocycles. The summed E-state index contributed by atoms with van der Waals surface area (Å²) in [6.45, 7) is 1.82. The molecule has 2 aromatic rings. The Hall–Kier alpha value is -2.37. The molecule has 0 saturated heterocycles. The fourth-order valence-electron chi connectivity index (χ4n) is 2.85. The van der Waals surface area contributed by atoms with Crippen molar-refractivity contribution in [2.45, 2.75) is 6.92 Å². The molecule has 1 unspecified atom stereocenters. The van der Waals surface area contributed by atoms with Crippen LogP contribution in [0.3, 0.4) is 0 Å². The molecule has 0 aliphatic carbocycles. The summed E-state index contributed by atoms with van der Waals surface area (Å²) < 4.78 is 0. The first-order chi connectivity index (χ1) is 11.8. The minimum atomic E-state index is -1.03. The van der Waals surface area contributed by atoms with Crippen molar-refractivity contribution < 1.29 is 9.59 Å². The lowest BCUT2D eigenvalue weighted by molar-refractivity contribution is 0.0876. The number of amides is 2. The Morgan fingerprint density at radius 3 is 2.08 bits per heavy atom. The van der Waals surface area contributed by atoms with Crippen molar-refractivity contribution in [3.05, 3.63) is 69.7 Å². The molecule has 1 heterocycles. The van der Waals surface area contributed by atoms with E-state index in [-0.39, 0.29) is 12.3 Å². The van der Waals surface area contributed by atoms with Crippen molar-refractivity contribution in [1.29, 1.82) is 0 Å². The van der Waals surface area contributed by atoms with E-state index in [4.69, 9.17) is 28.9 Å². The number of hydrogen-bond donors (Lipinski definition) is 1. The molecule has 0 fully saturated rings. The molecule has 1 atom stereocenters. The van der Waals surface area contributed by atoms with Gasteiger partial charge in [0.1, 0.15) is 0 Å². The highest BCUT2D eigenvalue weighted by Gasteiger charge is 2.47. The maximum absolute atomic E-state index is 13.2. The number of primary amides is 1. The quantitative estimate of drug-likeness (QED) is 0.823. The third kappa shape index (κ3) is 3.25. The van der Waals surface area contributed by atoms with Crippen molar-refractivity contribution in [2.24, 2.45) is 16.3 Å². The van der Waals surface area contributed by atoms with Gasteiger partial charge in [-0.3, -0.25) is 4.79 Å². The van der Waals surface area contributed by atoms with Crippen LogP contribution < -0.4 is 5.73 Å². The average Bonchev–Trinajstić information content (AvgIpc) is 2.95. The van der Waals surface area contributed by atoms with Gasteiger partial charge in [-0.2, -0.15) is 5.10 Å². The number of carbonyl (C=O) groups is 2. The second-order valence-corrected chi connectivity index (χ2v) is 6.89. The van der Waals surface area contributed by atoms with Gasteiger partial charge >= 0.3 is 6.03 Å². The van der Waals surface area contributed by atoms with Gasteiger partial charge in [-0.25, -0.2) is 9.80 Å². The fraction of sp³-hybridized carbons (Fsp3) is 0.167. The van der Waals surface area contributed by atoms with Gasteiger partial charge < -0.3 is 5.73 Å². The predicted molar refractivity (Wildman–Crippen MR) is 98.2 cm³/mol. The minimum Gasteiger partial charge on any atom is -0.350 e. The zero-order chi connectivity index (χ0) is 18.2. The molecular formula is C18H15Cl2N3O2. The molecule has 0 spiro atoms. The van der Waals surface area contributed by atoms with E-state index in [0.717, 1.165) is 5.01 Å². The van der Waals surface area contributed by atoms with E-state index in [1.165, 1.54) is 0 Å². The van der Waals surface area contributed by atoms with Gasteiger partial charge in [0.2, 0.25) is 0 Å². The number of benzene rings is 2. The van der Waals surface area contributed by atoms with Crippen molar-refractivity contribution in [3.63, 3.8) is 0 Å². The smallest absolute Gasteiger partial charge is 0.335 e. The Morgan fingerprint density at radius 2 is 1.56 bits per heavy atom. The van der Waals surface area contributed by atoms with Crippen molar-refractivity contribution in [2.75, 3.05) is 6.54 Å². The van der Waals surface area contributed by atoms with Crippen LogP contribution >= 0.6 is 23.2 Å². The molecule has 1 aliphatic rings. The molecule has 7 heteroatoms. The van der Waals surface area contributed by atoms with E-state index in [2.05, 4.69) is 5.10 Å². The SMILES string of the molecule is CC1(C(=O)c2ccc(Cl)cc2)CN(C(N)=O)N=C1c1ccc(Cl)cc1. The van der Waals surface area contributed by atoms with Crippen molar-refractivity contribution in [3.8, 4) is 0 Å². The first-order valence-electron chi connectivity index (χ1n) is 7.53. The first kappa shape index (κ1) is 17.5. The van der Waals surface area contributed by atoms with Crippen LogP contribution in [-0.4, -0.2) is 29.1 Å². The van der Waals surface area contributed by atoms with Gasteiger partial charge in [-0.1, -0.05) is 35.3 Å². The highest BCUT2D eigenvalue weighted by Crippen LogP contribution is 2.35. The Balaban J connectivity index is 2.06. The largest absolute Gasteiger partial charge is 0.350 e. The number of carbonyl (C=O) groups excluding carboxylic acids is 2. The topological polar surface area (TPSA) is 75.8 Å². The Labute approximate surface area is 155 Å². The number of nitrogens with zero attached hydrogens (tertiary/aromatic N) is 2. The molecule has 128 valence electrons. The Morgan fingerprint density at radius 1 is 1.04 bits per heavy atom. The van der Waals surface area contributed by atoms with Gasteiger partial charge in [0, 0.05) is 15.6 Å². The predicted octanol–water partition coefficient (Wildman–Crippen LogP) is 3.98. The lowest BCUT2D eigenvalue weighted by atomic mass is 9.76. The van der Waals surface area contributed by atoms with E-state index >= 15 is 0 Å². The van der Waals surface area contributed by atoms with E-state index in [1.54, 1.807) is 55.5 Å². The zero-order valence-corrected chi connectivity index (χ0v) is 14.9. The second-order valence-electron chi connectivity index (χ2n) is 6.02. The number of ketones is 1. The normalized spacial score (nSPS) is 19.6. The van der Waals surface area contributed by atoms with Gasteiger partial charge in [0.05, 0.1) is 17.7 Å². The van der Waals surface area contributed by atoms with Gasteiger partial charge in [0.25, 0.3) is 0 Å². The van der Waals surface area contributed by atoms with Crippen LogP contribution in [0.4, 0.5) is 4.79 Å². The summed E-state index contributed by atoms with van der Waals surface area (Å²) in [4.78, 5) is 24.8. The minimum absolute atomic E-state index is 0.0712. The monoisotopic (exact) mass is 375 g/mol. The molecule has 0 aromatic heterocycles. The number of hydrazone groups is 1. The average molecular weight is 376 g/mol. The molecule has 0 saturated carbocycles. The van der Waals surface area contributed by atoms with E-state index < -0.39 is 11.4 Å². The van der Waals surface area contributed by atoms with E-state index in [0.29, 0.717) is 26.9 Å². The molecule has 3 rings (SSSR count). The molecule has 2 amide bonds. The molecule has 0 bridgehead atoms. The number of Topliss-reactive ketones (excluding diaryl/α,β-unsaturated/α-hetero) is 1. The maximum atomic E-state index is 13.2. The number of halogens is 2. The first-order valence-corrected chi connectivity index (χ1v) is 8.29. The lowest BCUT2D eigenvalue weighted by Gasteiger charge is -2.24. The van der Waals surface area contributed by atoms with Crippen molar-refractivity contribution >= 4 is 40.7 Å². The molecule has 0 radical (unpaired) electrons. The number of hydrogen-bond acceptors (Lipinski definition) is 3. The number of nitrogens with two attached hydrogens (primary N) is 1. The molecule has 2 N–H and O–H groups in total. The van der Waals surface area contributed by atoms with Crippen LogP contribution in [0, 0.1) is 5.41 Å². The summed E-state index contributed by atoms with van der Waals surface area (Å²) in [5.41, 5.74) is 6.01. The van der Waals surface area contributed by atoms with Crippen LogP contribution in [0.15, 0.2) is 53.6 Å². The maximum Gasteiger partial charge on any atom is 0.335 e. The van der Waals surface area contributed by atoms with E-state index in [9.17, 15) is 9.59 Å². The van der Waals surface area contributed by atoms with Crippen LogP contribution in [-0.2, 0) is 0 Å². The van der Waals surface area contributed by atoms with Crippen LogP contribution in [0.1, 0.15) is 22.8 Å². The van der Waals surface area contributed by atoms with Crippen molar-refractivity contribution in [1.82, 2.24) is 5.01 Å². The Bertz CT molecular complexity index is 863. The van der Waals surface area contributed by atoms with E-state index in [1.807, 2.05) is 0 Å². The molecule has 25 heavy (non-hydrogen) atoms.